The summed E-state index contributed by atoms with van der Waals surface area (Å²) in [7, 11) is 0. The van der Waals surface area contributed by atoms with Gasteiger partial charge in [-0.2, -0.15) is 0 Å². The summed E-state index contributed by atoms with van der Waals surface area (Å²) < 4.78 is 0. The van der Waals surface area contributed by atoms with Gasteiger partial charge in [0.15, 0.2) is 23.8 Å². The molecule has 0 bridgehead atoms. The van der Waals surface area contributed by atoms with Crippen molar-refractivity contribution in [3.8, 4) is 0 Å². The Balaban J connectivity index is 2.32. The monoisotopic (exact) mass is 1170 g/mol. The Kier molecular flexibility index (Phi) is 32.1. The molecule has 0 saturated carbocycles. The first-order chi connectivity index (χ1) is 40.2. The molecule has 2 aromatic rings. The Bertz CT molecular complexity index is 2310. The third-order valence-corrected chi connectivity index (χ3v) is 13.5. The minimum Gasteiger partial charge on any atom is -0.370 e. The molecular formula is C54H90N22O8. The number of nitrogens with two attached hydrogens (primary N) is 6. The molecule has 1 fully saturated rings. The highest BCUT2D eigenvalue weighted by atomic mass is 16.2. The maximum atomic E-state index is 14.7. The molecule has 2 aromatic carbocycles. The summed E-state index contributed by atoms with van der Waals surface area (Å²) in [6.07, 6.45) is 1.68. The molecule has 0 spiro atoms. The Hall–Kier alpha value is -8.80. The lowest BCUT2D eigenvalue weighted by atomic mass is 10.0. The maximum absolute atomic E-state index is 14.7. The van der Waals surface area contributed by atoms with E-state index in [9.17, 15) is 38.4 Å². The molecule has 0 aromatic heterocycles. The van der Waals surface area contributed by atoms with E-state index >= 15 is 0 Å². The van der Waals surface area contributed by atoms with Gasteiger partial charge in [-0.3, -0.25) is 60.0 Å². The lowest BCUT2D eigenvalue weighted by molar-refractivity contribution is -0.137. The Morgan fingerprint density at radius 1 is 0.321 bits per heavy atom. The SMILES string of the molecule is N=C(N)NCCC[C@@H]1NC(=O)[C@H](CCCCN)NC(=O)[C@H](Cc2ccccc2)NC(=O)[C@H](CCCNC(=N)N)NC(=O)[C@H](CCCNC(=N)N)NC(=O)[C@H](CCCCN)NC(=O)[C@H](Cc2ccccc2)NC(=O)[C@H](CCCNC(=N)N)NC1=O. The fourth-order valence-electron chi connectivity index (χ4n) is 9.01. The number of hydrogen-bond donors (Lipinski definition) is 22. The summed E-state index contributed by atoms with van der Waals surface area (Å²) in [6.45, 7) is 0.881. The van der Waals surface area contributed by atoms with Gasteiger partial charge in [-0.15, -0.1) is 0 Å². The van der Waals surface area contributed by atoms with Gasteiger partial charge in [-0.05, 0) is 114 Å². The minimum absolute atomic E-state index is 0.0187. The molecule has 1 aliphatic heterocycles. The zero-order valence-corrected chi connectivity index (χ0v) is 47.7. The van der Waals surface area contributed by atoms with Crippen LogP contribution in [0, 0.1) is 21.6 Å². The highest BCUT2D eigenvalue weighted by Gasteiger charge is 2.36. The summed E-state index contributed by atoms with van der Waals surface area (Å²) in [5.41, 5.74) is 35.1. The number of carbonyl (C=O) groups is 8. The standard InChI is InChI=1S/C54H90N22O8/c55-25-9-7-19-35-43(77)69-38(22-12-28-66-52(59)60)46(80)72-40(24-14-30-68-54(63)64)48(82)76-42(32-34-17-5-2-6-18-34)50(84)74-36(20-8-10-26-56)44(78)70-37(21-11-27-65-51(57)58)45(79)71-39(23-13-29-67-53(61)62)47(81)75-41(49(83)73-35)31-33-15-3-1-4-16-33/h1-6,15-18,35-42H,7-14,19-32,55-56H2,(H,69,77)(H,70,78)(H,71,79)(H,72,80)(H,73,83)(H,74,84)(H,75,81)(H,76,82)(H4,57,58,65)(H4,59,60,66)(H4,61,62,67)(H4,63,64,68)/t35-,36-,37-,38-,39-,40-,41-,42-/m0/s1. The van der Waals surface area contributed by atoms with E-state index in [4.69, 9.17) is 56.0 Å². The quantitative estimate of drug-likeness (QED) is 0.0218. The van der Waals surface area contributed by atoms with Crippen molar-refractivity contribution in [2.75, 3.05) is 39.3 Å². The van der Waals surface area contributed by atoms with Gasteiger partial charge in [0.25, 0.3) is 0 Å². The summed E-state index contributed by atoms with van der Waals surface area (Å²) in [4.78, 5) is 118. The summed E-state index contributed by atoms with van der Waals surface area (Å²) in [6, 6.07) is 6.34. The first-order valence-electron chi connectivity index (χ1n) is 28.4. The van der Waals surface area contributed by atoms with Crippen molar-refractivity contribution in [1.82, 2.24) is 63.8 Å². The van der Waals surface area contributed by atoms with Gasteiger partial charge in [-0.25, -0.2) is 0 Å². The lowest BCUT2D eigenvalue weighted by Gasteiger charge is -2.29. The highest BCUT2D eigenvalue weighted by molar-refractivity contribution is 5.99. The van der Waals surface area contributed by atoms with E-state index in [1.54, 1.807) is 60.7 Å². The van der Waals surface area contributed by atoms with Crippen LogP contribution in [-0.2, 0) is 51.2 Å². The predicted molar refractivity (Wildman–Crippen MR) is 318 cm³/mol. The number of carbonyl (C=O) groups excluding carboxylic acids is 8. The fourth-order valence-corrected chi connectivity index (χ4v) is 9.01. The molecule has 8 atom stereocenters. The van der Waals surface area contributed by atoms with E-state index in [-0.39, 0.29) is 140 Å². The third kappa shape index (κ3) is 27.8. The van der Waals surface area contributed by atoms with Crippen LogP contribution in [0.2, 0.25) is 0 Å². The van der Waals surface area contributed by atoms with Crippen LogP contribution in [0.5, 0.6) is 0 Å². The van der Waals surface area contributed by atoms with E-state index in [0.717, 1.165) is 0 Å². The summed E-state index contributed by atoms with van der Waals surface area (Å²) >= 11 is 0. The van der Waals surface area contributed by atoms with Crippen LogP contribution in [0.4, 0.5) is 0 Å². The Morgan fingerprint density at radius 3 is 0.738 bits per heavy atom. The number of amides is 8. The summed E-state index contributed by atoms with van der Waals surface area (Å²) in [5, 5.41) is 63.4. The molecule has 1 aliphatic rings. The van der Waals surface area contributed by atoms with Crippen molar-refractivity contribution in [3.63, 3.8) is 0 Å². The highest BCUT2D eigenvalue weighted by Crippen LogP contribution is 2.13. The Morgan fingerprint density at radius 2 is 0.524 bits per heavy atom. The minimum atomic E-state index is -1.39. The predicted octanol–water partition coefficient (Wildman–Crippen LogP) is -4.33. The molecule has 28 N–H and O–H groups in total. The van der Waals surface area contributed by atoms with Crippen LogP contribution >= 0.6 is 0 Å². The van der Waals surface area contributed by atoms with Gasteiger partial charge < -0.3 is 98.2 Å². The smallest absolute Gasteiger partial charge is 0.243 e. The molecule has 3 rings (SSSR count). The first kappa shape index (κ1) is 69.5. The van der Waals surface area contributed by atoms with Gasteiger partial charge in [-0.1, -0.05) is 60.7 Å². The van der Waals surface area contributed by atoms with Gasteiger partial charge in [0, 0.05) is 39.0 Å². The largest absolute Gasteiger partial charge is 0.370 e. The van der Waals surface area contributed by atoms with E-state index in [0.29, 0.717) is 36.8 Å². The topological polar surface area (TPSA) is 532 Å². The van der Waals surface area contributed by atoms with E-state index in [1.807, 2.05) is 0 Å². The van der Waals surface area contributed by atoms with Gasteiger partial charge in [0.2, 0.25) is 47.3 Å². The van der Waals surface area contributed by atoms with Gasteiger partial charge in [0.05, 0.1) is 0 Å². The molecular weight excluding hydrogens is 1080 g/mol. The normalized spacial score (nSPS) is 21.5. The molecule has 8 amide bonds. The number of nitrogens with one attached hydrogen (secondary N) is 16. The van der Waals surface area contributed by atoms with Gasteiger partial charge in [0.1, 0.15) is 48.3 Å². The zero-order valence-electron chi connectivity index (χ0n) is 47.7. The molecule has 84 heavy (non-hydrogen) atoms. The number of guanidine groups is 4. The van der Waals surface area contributed by atoms with Crippen molar-refractivity contribution in [2.24, 2.45) is 34.4 Å². The van der Waals surface area contributed by atoms with Crippen LogP contribution in [0.25, 0.3) is 0 Å². The molecule has 30 heteroatoms. The molecule has 1 heterocycles. The van der Waals surface area contributed by atoms with Crippen LogP contribution in [0.3, 0.4) is 0 Å². The van der Waals surface area contributed by atoms with E-state index in [1.165, 1.54) is 0 Å². The van der Waals surface area contributed by atoms with Crippen LogP contribution < -0.4 is 98.2 Å². The molecule has 0 radical (unpaired) electrons. The van der Waals surface area contributed by atoms with Crippen LogP contribution in [-0.4, -0.2) is 159 Å². The number of rotatable bonds is 28. The third-order valence-electron chi connectivity index (χ3n) is 13.5. The molecule has 1 saturated heterocycles. The molecule has 30 nitrogen and oxygen atoms in total. The number of hydrogen-bond acceptors (Lipinski definition) is 14. The summed E-state index contributed by atoms with van der Waals surface area (Å²) in [5.74, 6) is -7.93. The van der Waals surface area contributed by atoms with Crippen molar-refractivity contribution in [2.45, 2.75) is 151 Å². The van der Waals surface area contributed by atoms with E-state index in [2.05, 4.69) is 63.8 Å². The van der Waals surface area contributed by atoms with Crippen LogP contribution in [0.15, 0.2) is 60.7 Å². The lowest BCUT2D eigenvalue weighted by Crippen LogP contribution is -2.62. The molecule has 0 aliphatic carbocycles. The first-order valence-corrected chi connectivity index (χ1v) is 28.4. The average Bonchev–Trinajstić information content (AvgIpc) is 3.65. The van der Waals surface area contributed by atoms with E-state index < -0.39 is 95.6 Å². The van der Waals surface area contributed by atoms with Crippen LogP contribution in [0.1, 0.15) is 101 Å². The van der Waals surface area contributed by atoms with Crippen molar-refractivity contribution in [1.29, 1.82) is 21.6 Å². The van der Waals surface area contributed by atoms with Gasteiger partial charge >= 0.3 is 0 Å². The average molecular weight is 1180 g/mol. The molecule has 0 unspecified atom stereocenters. The second-order valence-electron chi connectivity index (χ2n) is 20.4. The maximum Gasteiger partial charge on any atom is 0.243 e. The zero-order chi connectivity index (χ0) is 61.8. The number of benzene rings is 2. The number of unbranched alkanes of at least 4 members (excludes halogenated alkanes) is 2. The fraction of sp³-hybridized carbons (Fsp3) is 0.556. The van der Waals surface area contributed by atoms with Crippen molar-refractivity contribution < 1.29 is 38.4 Å². The second kappa shape index (κ2) is 38.8. The molecule has 464 valence electrons. The Labute approximate surface area is 489 Å². The van der Waals surface area contributed by atoms with Crippen molar-refractivity contribution in [3.05, 3.63) is 71.8 Å². The second-order valence-corrected chi connectivity index (χ2v) is 20.4. The van der Waals surface area contributed by atoms with Crippen molar-refractivity contribution >= 4 is 71.1 Å².